The standard InChI is InChI=1S/C14H16N2O2S2/c15-20(17,18)11-6-4-10(5-7-11)16-13-2-1-3-14-12(13)8-9-19-14/h4-9,13,16H,1-3H2,(H2,15,17,18). The van der Waals surface area contributed by atoms with Crippen LogP contribution in [0.1, 0.15) is 29.3 Å². The largest absolute Gasteiger partial charge is 0.378 e. The summed E-state index contributed by atoms with van der Waals surface area (Å²) >= 11 is 1.81. The van der Waals surface area contributed by atoms with Gasteiger partial charge in [-0.2, -0.15) is 0 Å². The fourth-order valence-corrected chi connectivity index (χ4v) is 4.08. The molecule has 2 aromatic rings. The molecule has 3 rings (SSSR count). The quantitative estimate of drug-likeness (QED) is 0.915. The summed E-state index contributed by atoms with van der Waals surface area (Å²) in [5.74, 6) is 0. The van der Waals surface area contributed by atoms with E-state index in [9.17, 15) is 8.42 Å². The Morgan fingerprint density at radius 2 is 1.95 bits per heavy atom. The highest BCUT2D eigenvalue weighted by atomic mass is 32.2. The minimum absolute atomic E-state index is 0.142. The molecule has 0 radical (unpaired) electrons. The summed E-state index contributed by atoms with van der Waals surface area (Å²) in [4.78, 5) is 1.60. The number of nitrogens with two attached hydrogens (primary N) is 1. The Balaban J connectivity index is 1.80. The molecule has 0 fully saturated rings. The van der Waals surface area contributed by atoms with Crippen molar-refractivity contribution in [3.05, 3.63) is 46.2 Å². The summed E-state index contributed by atoms with van der Waals surface area (Å²) in [5.41, 5.74) is 2.29. The van der Waals surface area contributed by atoms with Gasteiger partial charge in [0.05, 0.1) is 10.9 Å². The third-order valence-corrected chi connectivity index (χ3v) is 5.50. The summed E-state index contributed by atoms with van der Waals surface area (Å²) in [6, 6.07) is 9.09. The van der Waals surface area contributed by atoms with Gasteiger partial charge in [-0.3, -0.25) is 0 Å². The van der Waals surface area contributed by atoms with Crippen molar-refractivity contribution >= 4 is 27.0 Å². The van der Waals surface area contributed by atoms with Crippen LogP contribution in [0.15, 0.2) is 40.6 Å². The van der Waals surface area contributed by atoms with Crippen LogP contribution in [-0.4, -0.2) is 8.42 Å². The summed E-state index contributed by atoms with van der Waals surface area (Å²) in [6.45, 7) is 0. The van der Waals surface area contributed by atoms with Crippen molar-refractivity contribution in [1.29, 1.82) is 0 Å². The molecule has 4 nitrogen and oxygen atoms in total. The number of benzene rings is 1. The number of sulfonamides is 1. The lowest BCUT2D eigenvalue weighted by Gasteiger charge is -2.24. The molecule has 0 bridgehead atoms. The summed E-state index contributed by atoms with van der Waals surface area (Å²) in [7, 11) is -3.62. The van der Waals surface area contributed by atoms with Crippen LogP contribution in [0, 0.1) is 0 Å². The molecule has 1 aromatic heterocycles. The third-order valence-electron chi connectivity index (χ3n) is 3.58. The molecule has 0 saturated carbocycles. The van der Waals surface area contributed by atoms with E-state index in [4.69, 9.17) is 5.14 Å². The number of nitrogens with one attached hydrogen (secondary N) is 1. The van der Waals surface area contributed by atoms with E-state index in [-0.39, 0.29) is 4.90 Å². The predicted molar refractivity (Wildman–Crippen MR) is 81.4 cm³/mol. The molecule has 6 heteroatoms. The van der Waals surface area contributed by atoms with Gasteiger partial charge in [-0.25, -0.2) is 13.6 Å². The average molecular weight is 308 g/mol. The molecule has 1 atom stereocenters. The molecule has 0 saturated heterocycles. The number of aryl methyl sites for hydroxylation is 1. The highest BCUT2D eigenvalue weighted by molar-refractivity contribution is 7.89. The Morgan fingerprint density at radius 1 is 1.20 bits per heavy atom. The van der Waals surface area contributed by atoms with Crippen LogP contribution >= 0.6 is 11.3 Å². The number of fused-ring (bicyclic) bond motifs is 1. The predicted octanol–water partition coefficient (Wildman–Crippen LogP) is 2.89. The van der Waals surface area contributed by atoms with Crippen molar-refractivity contribution in [2.24, 2.45) is 5.14 Å². The smallest absolute Gasteiger partial charge is 0.238 e. The lowest BCUT2D eigenvalue weighted by atomic mass is 9.94. The topological polar surface area (TPSA) is 72.2 Å². The van der Waals surface area contributed by atoms with Gasteiger partial charge in [-0.05, 0) is 60.5 Å². The Labute approximate surface area is 122 Å². The molecule has 1 aliphatic carbocycles. The molecular formula is C14H16N2O2S2. The second kappa shape index (κ2) is 5.20. The first-order valence-corrected chi connectivity index (χ1v) is 8.92. The molecule has 3 N–H and O–H groups in total. The van der Waals surface area contributed by atoms with E-state index in [1.54, 1.807) is 12.1 Å². The van der Waals surface area contributed by atoms with E-state index in [1.807, 2.05) is 11.3 Å². The minimum atomic E-state index is -3.62. The second-order valence-corrected chi connectivity index (χ2v) is 7.52. The Morgan fingerprint density at radius 3 is 2.65 bits per heavy atom. The van der Waals surface area contributed by atoms with Crippen LogP contribution in [0.25, 0.3) is 0 Å². The zero-order valence-corrected chi connectivity index (χ0v) is 12.5. The Bertz CT molecular complexity index is 705. The van der Waals surface area contributed by atoms with Crippen LogP contribution in [0.4, 0.5) is 5.69 Å². The monoisotopic (exact) mass is 308 g/mol. The third kappa shape index (κ3) is 2.72. The number of rotatable bonds is 3. The lowest BCUT2D eigenvalue weighted by Crippen LogP contribution is -2.16. The van der Waals surface area contributed by atoms with Gasteiger partial charge in [0.15, 0.2) is 0 Å². The first-order valence-electron chi connectivity index (χ1n) is 6.50. The summed E-state index contributed by atoms with van der Waals surface area (Å²) in [6.07, 6.45) is 3.44. The van der Waals surface area contributed by atoms with Crippen molar-refractivity contribution in [1.82, 2.24) is 0 Å². The van der Waals surface area contributed by atoms with E-state index < -0.39 is 10.0 Å². The van der Waals surface area contributed by atoms with E-state index in [0.717, 1.165) is 18.5 Å². The average Bonchev–Trinajstić information content (AvgIpc) is 2.88. The van der Waals surface area contributed by atoms with Crippen LogP contribution in [-0.2, 0) is 16.4 Å². The van der Waals surface area contributed by atoms with Crippen molar-refractivity contribution in [3.8, 4) is 0 Å². The van der Waals surface area contributed by atoms with Crippen LogP contribution < -0.4 is 10.5 Å². The molecular weight excluding hydrogens is 292 g/mol. The van der Waals surface area contributed by atoms with E-state index in [0.29, 0.717) is 6.04 Å². The summed E-state index contributed by atoms with van der Waals surface area (Å²) < 4.78 is 22.4. The van der Waals surface area contributed by atoms with E-state index >= 15 is 0 Å². The zero-order chi connectivity index (χ0) is 14.2. The molecule has 1 unspecified atom stereocenters. The van der Waals surface area contributed by atoms with Gasteiger partial charge < -0.3 is 5.32 Å². The zero-order valence-electron chi connectivity index (χ0n) is 10.9. The number of primary sulfonamides is 1. The maximum atomic E-state index is 11.2. The fraction of sp³-hybridized carbons (Fsp3) is 0.286. The molecule has 0 aliphatic heterocycles. The maximum Gasteiger partial charge on any atom is 0.238 e. The number of thiophene rings is 1. The first-order chi connectivity index (χ1) is 9.54. The second-order valence-electron chi connectivity index (χ2n) is 4.96. The molecule has 20 heavy (non-hydrogen) atoms. The highest BCUT2D eigenvalue weighted by Crippen LogP contribution is 2.35. The molecule has 1 aliphatic rings. The van der Waals surface area contributed by atoms with Crippen molar-refractivity contribution in [2.45, 2.75) is 30.2 Å². The van der Waals surface area contributed by atoms with Crippen molar-refractivity contribution < 1.29 is 8.42 Å². The van der Waals surface area contributed by atoms with Gasteiger partial charge in [0.2, 0.25) is 10.0 Å². The first kappa shape index (κ1) is 13.6. The molecule has 1 aromatic carbocycles. The Hall–Kier alpha value is -1.37. The van der Waals surface area contributed by atoms with Gasteiger partial charge in [0.1, 0.15) is 0 Å². The van der Waals surface area contributed by atoms with Gasteiger partial charge in [0.25, 0.3) is 0 Å². The fourth-order valence-electron chi connectivity index (χ4n) is 2.58. The van der Waals surface area contributed by atoms with Gasteiger partial charge >= 0.3 is 0 Å². The Kier molecular flexibility index (Phi) is 3.54. The minimum Gasteiger partial charge on any atom is -0.378 e. The number of hydrogen-bond acceptors (Lipinski definition) is 4. The molecule has 1 heterocycles. The van der Waals surface area contributed by atoms with Crippen molar-refractivity contribution in [3.63, 3.8) is 0 Å². The van der Waals surface area contributed by atoms with E-state index in [2.05, 4.69) is 16.8 Å². The van der Waals surface area contributed by atoms with Crippen LogP contribution in [0.3, 0.4) is 0 Å². The summed E-state index contributed by atoms with van der Waals surface area (Å²) in [5, 5.41) is 10.7. The molecule has 106 valence electrons. The lowest BCUT2D eigenvalue weighted by molar-refractivity contribution is 0.597. The normalized spacial score (nSPS) is 18.6. The van der Waals surface area contributed by atoms with Gasteiger partial charge in [-0.1, -0.05) is 0 Å². The maximum absolute atomic E-state index is 11.2. The SMILES string of the molecule is NS(=O)(=O)c1ccc(NC2CCCc3sccc32)cc1. The number of anilines is 1. The number of hydrogen-bond donors (Lipinski definition) is 2. The molecule has 0 spiro atoms. The van der Waals surface area contributed by atoms with Crippen molar-refractivity contribution in [2.75, 3.05) is 5.32 Å². The van der Waals surface area contributed by atoms with Gasteiger partial charge in [0, 0.05) is 10.6 Å². The molecule has 0 amide bonds. The highest BCUT2D eigenvalue weighted by Gasteiger charge is 2.21. The van der Waals surface area contributed by atoms with E-state index in [1.165, 1.54) is 29.0 Å². The van der Waals surface area contributed by atoms with Crippen LogP contribution in [0.2, 0.25) is 0 Å². The van der Waals surface area contributed by atoms with Crippen LogP contribution in [0.5, 0.6) is 0 Å². The van der Waals surface area contributed by atoms with Gasteiger partial charge in [-0.15, -0.1) is 11.3 Å².